The molecule has 1 saturated carbocycles. The molecule has 5 atom stereocenters. The standard InChI is InChI=1S/C19H22F3N3O4S/c20-19(21,22)10-2-1-3-11(8-10)23-18-24-14-15(27)13(26)9-12(16(14)30-18)17(28)25-4-6-29-7-5-25/h1-3,8,12-16,26-27H,4-7,9H2,(H,23,24)/t12-,13+,14+,15-,16+/m0/s1. The zero-order chi connectivity index (χ0) is 21.5. The molecule has 7 nitrogen and oxygen atoms in total. The third kappa shape index (κ3) is 4.29. The van der Waals surface area contributed by atoms with Gasteiger partial charge in [0.25, 0.3) is 0 Å². The zero-order valence-electron chi connectivity index (χ0n) is 15.9. The molecule has 1 amide bonds. The summed E-state index contributed by atoms with van der Waals surface area (Å²) in [6.07, 6.45) is -6.60. The summed E-state index contributed by atoms with van der Waals surface area (Å²) < 4.78 is 44.2. The number of hydrogen-bond donors (Lipinski definition) is 3. The molecule has 0 unspecified atom stereocenters. The first-order chi connectivity index (χ1) is 14.2. The van der Waals surface area contributed by atoms with Gasteiger partial charge in [0.1, 0.15) is 6.10 Å². The van der Waals surface area contributed by atoms with E-state index in [1.54, 1.807) is 4.90 Å². The number of alkyl halides is 3. The molecule has 2 aliphatic heterocycles. The molecule has 1 saturated heterocycles. The summed E-state index contributed by atoms with van der Waals surface area (Å²) in [5.41, 5.74) is -0.579. The van der Waals surface area contributed by atoms with Crippen LogP contribution < -0.4 is 5.32 Å². The Hall–Kier alpha value is -1.82. The highest BCUT2D eigenvalue weighted by atomic mass is 32.2. The van der Waals surface area contributed by atoms with Crippen LogP contribution in [-0.2, 0) is 15.7 Å². The number of anilines is 1. The number of aliphatic imine (C=N–C) groups is 1. The molecule has 0 bridgehead atoms. The predicted molar refractivity (Wildman–Crippen MR) is 105 cm³/mol. The van der Waals surface area contributed by atoms with Crippen LogP contribution in [0.3, 0.4) is 0 Å². The summed E-state index contributed by atoms with van der Waals surface area (Å²) in [7, 11) is 0. The maximum atomic E-state index is 13.0. The fraction of sp³-hybridized carbons (Fsp3) is 0.579. The van der Waals surface area contributed by atoms with Crippen molar-refractivity contribution in [1.29, 1.82) is 0 Å². The number of nitrogens with zero attached hydrogens (tertiary/aromatic N) is 2. The number of aliphatic hydroxyl groups is 2. The van der Waals surface area contributed by atoms with Crippen molar-refractivity contribution in [3.8, 4) is 0 Å². The molecule has 0 spiro atoms. The molecule has 1 aromatic rings. The van der Waals surface area contributed by atoms with E-state index in [1.165, 1.54) is 23.9 Å². The van der Waals surface area contributed by atoms with E-state index in [9.17, 15) is 28.2 Å². The Morgan fingerprint density at radius 1 is 1.27 bits per heavy atom. The van der Waals surface area contributed by atoms with Gasteiger partial charge in [0, 0.05) is 24.0 Å². The molecule has 30 heavy (non-hydrogen) atoms. The number of thioether (sulfide) groups is 1. The number of nitrogens with one attached hydrogen (secondary N) is 1. The van der Waals surface area contributed by atoms with Gasteiger partial charge in [0.05, 0.1) is 36.8 Å². The second-order valence-electron chi connectivity index (χ2n) is 7.55. The number of amidine groups is 1. The fourth-order valence-electron chi connectivity index (χ4n) is 4.01. The second kappa shape index (κ2) is 8.37. The normalized spacial score (nSPS) is 31.8. The van der Waals surface area contributed by atoms with E-state index in [0.29, 0.717) is 31.5 Å². The van der Waals surface area contributed by atoms with Gasteiger partial charge in [-0.05, 0) is 24.6 Å². The van der Waals surface area contributed by atoms with Gasteiger partial charge in [-0.25, -0.2) is 0 Å². The van der Waals surface area contributed by atoms with E-state index >= 15 is 0 Å². The van der Waals surface area contributed by atoms with Gasteiger partial charge in [0.2, 0.25) is 5.91 Å². The summed E-state index contributed by atoms with van der Waals surface area (Å²) >= 11 is 1.22. The van der Waals surface area contributed by atoms with Gasteiger partial charge in [-0.2, -0.15) is 13.2 Å². The highest BCUT2D eigenvalue weighted by molar-refractivity contribution is 8.15. The predicted octanol–water partition coefficient (Wildman–Crippen LogP) is 1.56. The first-order valence-corrected chi connectivity index (χ1v) is 10.5. The van der Waals surface area contributed by atoms with Crippen LogP contribution in [0.15, 0.2) is 29.3 Å². The lowest BCUT2D eigenvalue weighted by Crippen LogP contribution is -2.55. The van der Waals surface area contributed by atoms with Crippen LogP contribution in [0.1, 0.15) is 12.0 Å². The van der Waals surface area contributed by atoms with E-state index in [4.69, 9.17) is 4.74 Å². The quantitative estimate of drug-likeness (QED) is 0.640. The molecule has 2 fully saturated rings. The lowest BCUT2D eigenvalue weighted by atomic mass is 9.80. The van der Waals surface area contributed by atoms with Crippen molar-refractivity contribution in [3.63, 3.8) is 0 Å². The summed E-state index contributed by atoms with van der Waals surface area (Å²) in [6.45, 7) is 1.83. The number of amides is 1. The molecule has 164 valence electrons. The first-order valence-electron chi connectivity index (χ1n) is 9.65. The Morgan fingerprint density at radius 2 is 2.00 bits per heavy atom. The van der Waals surface area contributed by atoms with Gasteiger partial charge in [-0.15, -0.1) is 0 Å². The van der Waals surface area contributed by atoms with Crippen molar-refractivity contribution < 1.29 is 32.9 Å². The molecule has 11 heteroatoms. The molecule has 1 aliphatic carbocycles. The molecule has 3 N–H and O–H groups in total. The number of halogens is 3. The van der Waals surface area contributed by atoms with Crippen LogP contribution in [-0.4, -0.2) is 76.0 Å². The number of rotatable bonds is 2. The molecular weight excluding hydrogens is 423 g/mol. The molecule has 3 aliphatic rings. The molecule has 0 radical (unpaired) electrons. The van der Waals surface area contributed by atoms with Gasteiger partial charge in [-0.1, -0.05) is 17.8 Å². The minimum atomic E-state index is -4.47. The number of carbonyl (C=O) groups excluding carboxylic acids is 1. The van der Waals surface area contributed by atoms with Crippen molar-refractivity contribution in [2.45, 2.75) is 36.1 Å². The zero-order valence-corrected chi connectivity index (χ0v) is 16.7. The van der Waals surface area contributed by atoms with Crippen molar-refractivity contribution >= 4 is 28.5 Å². The van der Waals surface area contributed by atoms with E-state index in [0.717, 1.165) is 12.1 Å². The first kappa shape index (κ1) is 21.4. The minimum absolute atomic E-state index is 0.109. The van der Waals surface area contributed by atoms with Crippen molar-refractivity contribution in [1.82, 2.24) is 4.90 Å². The van der Waals surface area contributed by atoms with E-state index in [1.807, 2.05) is 0 Å². The van der Waals surface area contributed by atoms with Crippen LogP contribution in [0.5, 0.6) is 0 Å². The Labute approximate surface area is 175 Å². The van der Waals surface area contributed by atoms with Crippen LogP contribution in [0.2, 0.25) is 0 Å². The Balaban J connectivity index is 1.51. The number of aliphatic hydroxyl groups excluding tert-OH is 2. The maximum Gasteiger partial charge on any atom is 0.416 e. The van der Waals surface area contributed by atoms with Gasteiger partial charge < -0.3 is 25.2 Å². The van der Waals surface area contributed by atoms with Gasteiger partial charge in [0.15, 0.2) is 5.17 Å². The third-order valence-electron chi connectivity index (χ3n) is 5.57. The van der Waals surface area contributed by atoms with Crippen LogP contribution in [0.4, 0.5) is 18.9 Å². The number of morpholine rings is 1. The van der Waals surface area contributed by atoms with E-state index in [-0.39, 0.29) is 18.0 Å². The average molecular weight is 445 g/mol. The van der Waals surface area contributed by atoms with E-state index < -0.39 is 41.2 Å². The summed E-state index contributed by atoms with van der Waals surface area (Å²) in [5, 5.41) is 23.4. The van der Waals surface area contributed by atoms with Crippen LogP contribution in [0, 0.1) is 5.92 Å². The molecule has 4 rings (SSSR count). The van der Waals surface area contributed by atoms with Crippen LogP contribution in [0.25, 0.3) is 0 Å². The summed E-state index contributed by atoms with van der Waals surface area (Å²) in [6, 6.07) is 4.02. The third-order valence-corrected chi connectivity index (χ3v) is 6.88. The summed E-state index contributed by atoms with van der Waals surface area (Å²) in [5.74, 6) is -0.677. The fourth-order valence-corrected chi connectivity index (χ4v) is 5.38. The summed E-state index contributed by atoms with van der Waals surface area (Å²) in [4.78, 5) is 19.1. The highest BCUT2D eigenvalue weighted by Crippen LogP contribution is 2.42. The smallest absolute Gasteiger partial charge is 0.390 e. The molecule has 0 aromatic heterocycles. The number of ether oxygens (including phenoxy) is 1. The van der Waals surface area contributed by atoms with Crippen molar-refractivity contribution in [3.05, 3.63) is 29.8 Å². The number of fused-ring (bicyclic) bond motifs is 1. The Bertz CT molecular complexity index is 831. The van der Waals surface area contributed by atoms with Gasteiger partial charge >= 0.3 is 6.18 Å². The minimum Gasteiger partial charge on any atom is -0.390 e. The van der Waals surface area contributed by atoms with Crippen molar-refractivity contribution in [2.75, 3.05) is 31.6 Å². The maximum absolute atomic E-state index is 13.0. The van der Waals surface area contributed by atoms with E-state index in [2.05, 4.69) is 10.3 Å². The van der Waals surface area contributed by atoms with Crippen LogP contribution >= 0.6 is 11.8 Å². The Kier molecular flexibility index (Phi) is 5.97. The highest BCUT2D eigenvalue weighted by Gasteiger charge is 2.51. The monoisotopic (exact) mass is 445 g/mol. The second-order valence-corrected chi connectivity index (χ2v) is 8.72. The average Bonchev–Trinajstić information content (AvgIpc) is 3.14. The number of benzene rings is 1. The van der Waals surface area contributed by atoms with Gasteiger partial charge in [-0.3, -0.25) is 9.79 Å². The lowest BCUT2D eigenvalue weighted by molar-refractivity contribution is -0.144. The number of hydrogen-bond acceptors (Lipinski definition) is 7. The number of carbonyl (C=O) groups is 1. The van der Waals surface area contributed by atoms with Crippen molar-refractivity contribution in [2.24, 2.45) is 10.9 Å². The largest absolute Gasteiger partial charge is 0.416 e. The topological polar surface area (TPSA) is 94.4 Å². The molecular formula is C19H22F3N3O4S. The SMILES string of the molecule is O=C([C@H]1C[C@@H](O)[C@H](O)[C@H]2N=C(Nc3cccc(C(F)(F)F)c3)S[C@@H]21)N1CCOCC1. The molecule has 1 aromatic carbocycles. The Morgan fingerprint density at radius 3 is 2.70 bits per heavy atom. The molecule has 2 heterocycles. The lowest BCUT2D eigenvalue weighted by Gasteiger charge is -2.40.